The number of halogens is 5. The zero-order valence-electron chi connectivity index (χ0n) is 17.6. The second-order valence-corrected chi connectivity index (χ2v) is 9.09. The average molecular weight is 485 g/mol. The van der Waals surface area contributed by atoms with E-state index in [1.807, 2.05) is 0 Å². The molecule has 8 nitrogen and oxygen atoms in total. The first-order valence-electron chi connectivity index (χ1n) is 10.7. The number of hydrogen-bond acceptors (Lipinski definition) is 5. The summed E-state index contributed by atoms with van der Waals surface area (Å²) >= 11 is 0. The predicted octanol–water partition coefficient (Wildman–Crippen LogP) is 1.85. The molecule has 5 rings (SSSR count). The molecular weight excluding hydrogens is 465 g/mol. The van der Waals surface area contributed by atoms with E-state index in [1.54, 1.807) is 0 Å². The number of alkyl halides is 3. The molecule has 1 aromatic carbocycles. The Morgan fingerprint density at radius 3 is 2.59 bits per heavy atom. The van der Waals surface area contributed by atoms with Gasteiger partial charge in [0, 0.05) is 37.4 Å². The molecule has 3 aliphatic rings. The lowest BCUT2D eigenvalue weighted by molar-refractivity contribution is -0.148. The Hall–Kier alpha value is -3.09. The van der Waals surface area contributed by atoms with Crippen molar-refractivity contribution in [1.29, 1.82) is 0 Å². The van der Waals surface area contributed by atoms with Gasteiger partial charge in [-0.25, -0.2) is 8.78 Å². The molecule has 1 amide bonds. The van der Waals surface area contributed by atoms with Gasteiger partial charge >= 0.3 is 12.1 Å². The Bertz CT molecular complexity index is 1200. The highest BCUT2D eigenvalue weighted by Crippen LogP contribution is 2.69. The Labute approximate surface area is 189 Å². The van der Waals surface area contributed by atoms with Crippen molar-refractivity contribution in [2.45, 2.75) is 50.0 Å². The molecule has 1 fully saturated rings. The summed E-state index contributed by atoms with van der Waals surface area (Å²) in [6.45, 7) is -0.327. The van der Waals surface area contributed by atoms with Gasteiger partial charge in [0.05, 0.1) is 6.54 Å². The van der Waals surface area contributed by atoms with E-state index in [2.05, 4.69) is 10.2 Å². The number of fused-ring (bicyclic) bond motifs is 4. The molecule has 0 spiro atoms. The van der Waals surface area contributed by atoms with E-state index in [0.29, 0.717) is 17.5 Å². The summed E-state index contributed by atoms with van der Waals surface area (Å²) in [6.07, 6.45) is -4.79. The molecule has 1 saturated carbocycles. The summed E-state index contributed by atoms with van der Waals surface area (Å²) in [5.41, 5.74) is 6.44. The molecule has 4 unspecified atom stereocenters. The fourth-order valence-electron chi connectivity index (χ4n) is 5.99. The minimum absolute atomic E-state index is 0.00419. The van der Waals surface area contributed by atoms with Gasteiger partial charge in [-0.05, 0) is 41.5 Å². The van der Waals surface area contributed by atoms with Gasteiger partial charge in [0.25, 0.3) is 0 Å². The fourth-order valence-corrected chi connectivity index (χ4v) is 5.99. The van der Waals surface area contributed by atoms with Crippen LogP contribution in [0.15, 0.2) is 12.1 Å². The highest BCUT2D eigenvalue weighted by atomic mass is 19.4. The molecular formula is C21H20F5N5O3. The molecule has 182 valence electrons. The second-order valence-electron chi connectivity index (χ2n) is 9.09. The molecule has 0 bridgehead atoms. The number of aromatic nitrogens is 3. The first-order chi connectivity index (χ1) is 15.9. The van der Waals surface area contributed by atoms with Gasteiger partial charge in [-0.1, -0.05) is 0 Å². The largest absolute Gasteiger partial charge is 0.481 e. The summed E-state index contributed by atoms with van der Waals surface area (Å²) in [4.78, 5) is 25.7. The van der Waals surface area contributed by atoms with Crippen molar-refractivity contribution in [1.82, 2.24) is 19.7 Å². The number of carboxylic acids is 1. The van der Waals surface area contributed by atoms with Crippen molar-refractivity contribution in [3.63, 3.8) is 0 Å². The third-order valence-corrected chi connectivity index (χ3v) is 7.42. The molecule has 1 aromatic heterocycles. The normalized spacial score (nSPS) is 26.0. The van der Waals surface area contributed by atoms with E-state index in [9.17, 15) is 36.6 Å². The molecule has 2 heterocycles. The van der Waals surface area contributed by atoms with Crippen molar-refractivity contribution >= 4 is 11.9 Å². The van der Waals surface area contributed by atoms with Crippen LogP contribution in [0.4, 0.5) is 22.0 Å². The maximum atomic E-state index is 14.1. The Morgan fingerprint density at radius 2 is 1.91 bits per heavy atom. The third kappa shape index (κ3) is 3.28. The first kappa shape index (κ1) is 22.7. The van der Waals surface area contributed by atoms with Gasteiger partial charge in [-0.3, -0.25) is 9.59 Å². The lowest BCUT2D eigenvalue weighted by atomic mass is 9.83. The van der Waals surface area contributed by atoms with Crippen LogP contribution < -0.4 is 5.73 Å². The summed E-state index contributed by atoms with van der Waals surface area (Å²) < 4.78 is 67.9. The SMILES string of the molecule is NC(CC(=O)N1CCn2c(nnc2C(F)(F)F)C1)C12c3cc(F)c(F)cc3CC1C2CC(=O)O. The minimum Gasteiger partial charge on any atom is -0.481 e. The number of carbonyl (C=O) groups is 2. The Kier molecular flexibility index (Phi) is 4.97. The Morgan fingerprint density at radius 1 is 1.21 bits per heavy atom. The number of rotatable bonds is 5. The maximum Gasteiger partial charge on any atom is 0.451 e. The lowest BCUT2D eigenvalue weighted by Gasteiger charge is -2.31. The van der Waals surface area contributed by atoms with E-state index in [0.717, 1.165) is 16.7 Å². The standard InChI is InChI=1S/C21H20F5N5O3/c22-13-4-9-3-11-12(6-18(33)34)20(11,10(9)5-14(13)23)15(27)7-17(32)30-1-2-31-16(8-30)28-29-19(31)21(24,25)26/h4-5,11-12,15H,1-3,6-8,27H2,(H,33,34). The van der Waals surface area contributed by atoms with E-state index in [-0.39, 0.29) is 44.2 Å². The highest BCUT2D eigenvalue weighted by Gasteiger charge is 2.71. The van der Waals surface area contributed by atoms with Crippen LogP contribution in [0.3, 0.4) is 0 Å². The van der Waals surface area contributed by atoms with Crippen molar-refractivity contribution in [3.8, 4) is 0 Å². The molecule has 34 heavy (non-hydrogen) atoms. The summed E-state index contributed by atoms with van der Waals surface area (Å²) in [6, 6.07) is 1.24. The number of nitrogens with two attached hydrogens (primary N) is 1. The number of aliphatic carboxylic acids is 1. The second kappa shape index (κ2) is 7.45. The molecule has 13 heteroatoms. The van der Waals surface area contributed by atoms with Crippen LogP contribution in [0.1, 0.15) is 35.6 Å². The van der Waals surface area contributed by atoms with Crippen LogP contribution in [0.2, 0.25) is 0 Å². The van der Waals surface area contributed by atoms with Crippen LogP contribution in [0.5, 0.6) is 0 Å². The van der Waals surface area contributed by atoms with Crippen molar-refractivity contribution in [2.75, 3.05) is 6.54 Å². The molecule has 3 N–H and O–H groups in total. The van der Waals surface area contributed by atoms with Crippen molar-refractivity contribution in [3.05, 3.63) is 46.5 Å². The van der Waals surface area contributed by atoms with Crippen LogP contribution in [0.25, 0.3) is 0 Å². The minimum atomic E-state index is -4.66. The van der Waals surface area contributed by atoms with E-state index >= 15 is 0 Å². The fraction of sp³-hybridized carbons (Fsp3) is 0.524. The maximum absolute atomic E-state index is 14.1. The molecule has 4 atom stereocenters. The lowest BCUT2D eigenvalue weighted by Crippen LogP contribution is -2.45. The predicted molar refractivity (Wildman–Crippen MR) is 104 cm³/mol. The monoisotopic (exact) mass is 485 g/mol. The summed E-state index contributed by atoms with van der Waals surface area (Å²) in [7, 11) is 0. The van der Waals surface area contributed by atoms with Gasteiger partial charge in [0.2, 0.25) is 11.7 Å². The number of amides is 1. The zero-order valence-corrected chi connectivity index (χ0v) is 17.6. The van der Waals surface area contributed by atoms with Gasteiger partial charge in [0.1, 0.15) is 0 Å². The van der Waals surface area contributed by atoms with Gasteiger partial charge < -0.3 is 20.3 Å². The average Bonchev–Trinajstić information content (AvgIpc) is 3.05. The summed E-state index contributed by atoms with van der Waals surface area (Å²) in [5, 5.41) is 16.1. The van der Waals surface area contributed by atoms with Gasteiger partial charge in [-0.2, -0.15) is 13.2 Å². The number of carbonyl (C=O) groups excluding carboxylic acids is 1. The highest BCUT2D eigenvalue weighted by molar-refractivity contribution is 5.78. The van der Waals surface area contributed by atoms with E-state index in [1.165, 1.54) is 4.90 Å². The number of carboxylic acid groups (broad SMARTS) is 1. The van der Waals surface area contributed by atoms with Crippen molar-refractivity contribution < 1.29 is 36.6 Å². The molecule has 0 saturated heterocycles. The molecule has 2 aliphatic carbocycles. The quantitative estimate of drug-likeness (QED) is 0.625. The first-order valence-corrected chi connectivity index (χ1v) is 10.7. The Balaban J connectivity index is 1.37. The molecule has 2 aromatic rings. The van der Waals surface area contributed by atoms with Crippen LogP contribution in [0, 0.1) is 23.5 Å². The van der Waals surface area contributed by atoms with Gasteiger partial charge in [-0.15, -0.1) is 10.2 Å². The smallest absolute Gasteiger partial charge is 0.451 e. The number of nitrogens with zero attached hydrogens (tertiary/aromatic N) is 4. The van der Waals surface area contributed by atoms with E-state index < -0.39 is 52.9 Å². The number of benzene rings is 1. The zero-order chi connectivity index (χ0) is 24.6. The van der Waals surface area contributed by atoms with Crippen LogP contribution >= 0.6 is 0 Å². The van der Waals surface area contributed by atoms with Gasteiger partial charge in [0.15, 0.2) is 17.5 Å². The molecule has 0 radical (unpaired) electrons. The van der Waals surface area contributed by atoms with Crippen LogP contribution in [-0.4, -0.2) is 49.2 Å². The third-order valence-electron chi connectivity index (χ3n) is 7.42. The topological polar surface area (TPSA) is 114 Å². The number of hydrogen-bond donors (Lipinski definition) is 2. The summed E-state index contributed by atoms with van der Waals surface area (Å²) in [5.74, 6) is -5.41. The molecule has 1 aliphatic heterocycles. The van der Waals surface area contributed by atoms with Crippen LogP contribution in [-0.2, 0) is 40.7 Å². The van der Waals surface area contributed by atoms with Crippen molar-refractivity contribution in [2.24, 2.45) is 17.6 Å². The van der Waals surface area contributed by atoms with E-state index in [4.69, 9.17) is 5.73 Å².